The smallest absolute Gasteiger partial charge is 0.357 e. The molecule has 0 saturated heterocycles. The van der Waals surface area contributed by atoms with Gasteiger partial charge in [0.15, 0.2) is 5.69 Å². The lowest BCUT2D eigenvalue weighted by atomic mass is 10.2. The molecule has 0 radical (unpaired) electrons. The largest absolute Gasteiger partial charge is 0.507 e. The normalized spacial score (nSPS) is 10.8. The van der Waals surface area contributed by atoms with Crippen molar-refractivity contribution in [3.8, 4) is 11.4 Å². The average Bonchev–Trinajstić information content (AvgIpc) is 2.87. The highest BCUT2D eigenvalue weighted by molar-refractivity contribution is 6.03. The number of aromatic carboxylic acids is 2. The van der Waals surface area contributed by atoms with Gasteiger partial charge in [0.25, 0.3) is 5.56 Å². The number of pyridine rings is 1. The van der Waals surface area contributed by atoms with Gasteiger partial charge in [-0.2, -0.15) is 5.10 Å². The third-order valence-electron chi connectivity index (χ3n) is 3.21. The molecular weight excluding hydrogens is 306 g/mol. The lowest BCUT2D eigenvalue weighted by Gasteiger charge is -2.03. The topological polar surface area (TPSA) is 146 Å². The summed E-state index contributed by atoms with van der Waals surface area (Å²) in [6, 6.07) is 6.29. The Balaban J connectivity index is 2.31. The number of H-pyrrole nitrogens is 1. The summed E-state index contributed by atoms with van der Waals surface area (Å²) in [6.45, 7) is 0. The van der Waals surface area contributed by atoms with Crippen LogP contribution in [0.25, 0.3) is 16.7 Å². The summed E-state index contributed by atoms with van der Waals surface area (Å²) in [6.07, 6.45) is 0. The zero-order chi connectivity index (χ0) is 16.7. The standard InChI is InChI=1S/C14H9N3O6/c18-8-5-9(19)15-12-10(8)11(14(22)23)16-17(12)7-3-1-6(2-4-7)13(20)21/h1-5H,(H,20,21)(H,22,23)(H2,15,18,19). The molecule has 0 aliphatic rings. The molecule has 0 bridgehead atoms. The lowest BCUT2D eigenvalue weighted by molar-refractivity contribution is 0.0683. The maximum atomic E-state index is 11.5. The molecule has 0 atom stereocenters. The fourth-order valence-electron chi connectivity index (χ4n) is 2.21. The fraction of sp³-hybridized carbons (Fsp3) is 0. The summed E-state index contributed by atoms with van der Waals surface area (Å²) in [4.78, 5) is 36.1. The van der Waals surface area contributed by atoms with Gasteiger partial charge >= 0.3 is 11.9 Å². The third kappa shape index (κ3) is 2.29. The van der Waals surface area contributed by atoms with Crippen molar-refractivity contribution in [2.75, 3.05) is 0 Å². The number of aromatic nitrogens is 3. The summed E-state index contributed by atoms with van der Waals surface area (Å²) in [5.74, 6) is -2.99. The van der Waals surface area contributed by atoms with Crippen LogP contribution in [0.15, 0.2) is 35.1 Å². The number of nitrogens with one attached hydrogen (secondary N) is 1. The SMILES string of the molecule is O=C(O)c1ccc(-n2nc(C(=O)O)c3c(O)cc(=O)[nH]c32)cc1. The van der Waals surface area contributed by atoms with E-state index in [9.17, 15) is 24.6 Å². The molecule has 116 valence electrons. The second-order valence-corrected chi connectivity index (χ2v) is 4.66. The molecule has 0 fully saturated rings. The highest BCUT2D eigenvalue weighted by atomic mass is 16.4. The zero-order valence-corrected chi connectivity index (χ0v) is 11.3. The van der Waals surface area contributed by atoms with Crippen molar-refractivity contribution in [3.05, 3.63) is 51.9 Å². The molecule has 3 rings (SSSR count). The van der Waals surface area contributed by atoms with Crippen LogP contribution in [-0.4, -0.2) is 42.0 Å². The molecule has 0 spiro atoms. The summed E-state index contributed by atoms with van der Waals surface area (Å²) in [7, 11) is 0. The second-order valence-electron chi connectivity index (χ2n) is 4.66. The van der Waals surface area contributed by atoms with E-state index in [0.717, 1.165) is 10.7 Å². The van der Waals surface area contributed by atoms with E-state index in [-0.39, 0.29) is 16.6 Å². The van der Waals surface area contributed by atoms with Gasteiger partial charge in [-0.3, -0.25) is 4.79 Å². The van der Waals surface area contributed by atoms with Crippen LogP contribution >= 0.6 is 0 Å². The average molecular weight is 315 g/mol. The van der Waals surface area contributed by atoms with Gasteiger partial charge in [-0.15, -0.1) is 0 Å². The zero-order valence-electron chi connectivity index (χ0n) is 11.3. The molecule has 0 aliphatic carbocycles. The summed E-state index contributed by atoms with van der Waals surface area (Å²) >= 11 is 0. The fourth-order valence-corrected chi connectivity index (χ4v) is 2.21. The van der Waals surface area contributed by atoms with Crippen molar-refractivity contribution in [2.45, 2.75) is 0 Å². The van der Waals surface area contributed by atoms with Crippen LogP contribution in [0, 0.1) is 0 Å². The molecule has 2 heterocycles. The lowest BCUT2D eigenvalue weighted by Crippen LogP contribution is -2.07. The Morgan fingerprint density at radius 2 is 1.74 bits per heavy atom. The third-order valence-corrected chi connectivity index (χ3v) is 3.21. The quantitative estimate of drug-likeness (QED) is 0.559. The highest BCUT2D eigenvalue weighted by Gasteiger charge is 2.21. The maximum absolute atomic E-state index is 11.5. The van der Waals surface area contributed by atoms with E-state index in [1.807, 2.05) is 0 Å². The highest BCUT2D eigenvalue weighted by Crippen LogP contribution is 2.27. The molecule has 0 amide bonds. The van der Waals surface area contributed by atoms with Crippen molar-refractivity contribution >= 4 is 23.0 Å². The Hall–Kier alpha value is -3.62. The Kier molecular flexibility index (Phi) is 3.10. The second kappa shape index (κ2) is 4.98. The van der Waals surface area contributed by atoms with Crippen molar-refractivity contribution in [1.29, 1.82) is 0 Å². The number of carboxylic acid groups (broad SMARTS) is 2. The van der Waals surface area contributed by atoms with Crippen molar-refractivity contribution < 1.29 is 24.9 Å². The Labute approximate surface area is 127 Å². The molecule has 9 nitrogen and oxygen atoms in total. The number of rotatable bonds is 3. The molecule has 4 N–H and O–H groups in total. The van der Waals surface area contributed by atoms with E-state index in [1.165, 1.54) is 24.3 Å². The number of nitrogens with zero attached hydrogens (tertiary/aromatic N) is 2. The number of carboxylic acids is 2. The van der Waals surface area contributed by atoms with Crippen LogP contribution in [-0.2, 0) is 0 Å². The molecule has 2 aromatic heterocycles. The van der Waals surface area contributed by atoms with Gasteiger partial charge in [0.1, 0.15) is 11.4 Å². The van der Waals surface area contributed by atoms with E-state index in [0.29, 0.717) is 5.69 Å². The predicted octanol–water partition coefficient (Wildman–Crippen LogP) is 0.816. The molecule has 1 aromatic carbocycles. The van der Waals surface area contributed by atoms with E-state index in [4.69, 9.17) is 5.11 Å². The maximum Gasteiger partial charge on any atom is 0.357 e. The first-order valence-corrected chi connectivity index (χ1v) is 6.30. The van der Waals surface area contributed by atoms with Crippen LogP contribution in [0.3, 0.4) is 0 Å². The van der Waals surface area contributed by atoms with Gasteiger partial charge in [-0.1, -0.05) is 0 Å². The minimum Gasteiger partial charge on any atom is -0.507 e. The van der Waals surface area contributed by atoms with Crippen LogP contribution in [0.5, 0.6) is 5.75 Å². The first kappa shape index (κ1) is 14.3. The predicted molar refractivity (Wildman–Crippen MR) is 77.3 cm³/mol. The number of fused-ring (bicyclic) bond motifs is 1. The van der Waals surface area contributed by atoms with Crippen LogP contribution in [0.4, 0.5) is 0 Å². The van der Waals surface area contributed by atoms with Gasteiger partial charge < -0.3 is 20.3 Å². The first-order valence-electron chi connectivity index (χ1n) is 6.30. The van der Waals surface area contributed by atoms with E-state index in [2.05, 4.69) is 10.1 Å². The summed E-state index contributed by atoms with van der Waals surface area (Å²) < 4.78 is 1.12. The van der Waals surface area contributed by atoms with Crippen LogP contribution in [0.2, 0.25) is 0 Å². The number of aromatic hydroxyl groups is 1. The molecule has 23 heavy (non-hydrogen) atoms. The molecular formula is C14H9N3O6. The number of aromatic amines is 1. The van der Waals surface area contributed by atoms with Gasteiger partial charge in [0.2, 0.25) is 0 Å². The van der Waals surface area contributed by atoms with Gasteiger partial charge in [0.05, 0.1) is 16.6 Å². The van der Waals surface area contributed by atoms with Crippen molar-refractivity contribution in [2.24, 2.45) is 0 Å². The Morgan fingerprint density at radius 1 is 1.09 bits per heavy atom. The van der Waals surface area contributed by atoms with Gasteiger partial charge in [-0.25, -0.2) is 14.3 Å². The summed E-state index contributed by atoms with van der Waals surface area (Å²) in [5.41, 5.74) is -0.699. The minimum absolute atomic E-state index is 0.00419. The van der Waals surface area contributed by atoms with E-state index < -0.39 is 28.9 Å². The number of hydrogen-bond donors (Lipinski definition) is 4. The van der Waals surface area contributed by atoms with Crippen molar-refractivity contribution in [1.82, 2.24) is 14.8 Å². The van der Waals surface area contributed by atoms with E-state index >= 15 is 0 Å². The van der Waals surface area contributed by atoms with Crippen LogP contribution in [0.1, 0.15) is 20.8 Å². The molecule has 9 heteroatoms. The molecule has 3 aromatic rings. The van der Waals surface area contributed by atoms with Crippen molar-refractivity contribution in [3.63, 3.8) is 0 Å². The molecule has 0 saturated carbocycles. The van der Waals surface area contributed by atoms with Gasteiger partial charge in [-0.05, 0) is 24.3 Å². The van der Waals surface area contributed by atoms with Gasteiger partial charge in [0, 0.05) is 6.07 Å². The Morgan fingerprint density at radius 3 is 2.30 bits per heavy atom. The molecule has 0 aliphatic heterocycles. The minimum atomic E-state index is -1.38. The van der Waals surface area contributed by atoms with E-state index in [1.54, 1.807) is 0 Å². The number of carbonyl (C=O) groups is 2. The van der Waals surface area contributed by atoms with Crippen LogP contribution < -0.4 is 5.56 Å². The summed E-state index contributed by atoms with van der Waals surface area (Å²) in [5, 5.41) is 31.7. The first-order chi connectivity index (χ1) is 10.9. The Bertz CT molecular complexity index is 1000. The number of benzene rings is 1. The number of hydrogen-bond acceptors (Lipinski definition) is 5. The molecule has 0 unspecified atom stereocenters. The monoisotopic (exact) mass is 315 g/mol.